The number of rotatable bonds is 3. The molecule has 1 N–H and O–H groups in total. The van der Waals surface area contributed by atoms with Crippen molar-refractivity contribution >= 4 is 44.2 Å². The fourth-order valence-electron chi connectivity index (χ4n) is 4.93. The standard InChI is InChI=1S/C22H21N5OS/c1-26(20-16-6-7-23-19(16)24-13-25-20)15-9-22(10-15)11-27(12-22)21(28)18-8-14-4-2-3-5-17(14)29-18/h2-8,13,15H,9-12H2,1H3,(H,23,24,25). The molecule has 1 aliphatic carbocycles. The highest BCUT2D eigenvalue weighted by Gasteiger charge is 2.55. The number of likely N-dealkylation sites (tertiary alicyclic amines) is 1. The van der Waals surface area contributed by atoms with Gasteiger partial charge in [0.2, 0.25) is 0 Å². The number of thiophene rings is 1. The zero-order valence-corrected chi connectivity index (χ0v) is 16.9. The summed E-state index contributed by atoms with van der Waals surface area (Å²) in [4.78, 5) is 30.0. The predicted molar refractivity (Wildman–Crippen MR) is 115 cm³/mol. The van der Waals surface area contributed by atoms with Gasteiger partial charge < -0.3 is 14.8 Å². The molecule has 0 unspecified atom stereocenters. The maximum atomic E-state index is 12.9. The second-order valence-electron chi connectivity index (χ2n) is 8.42. The van der Waals surface area contributed by atoms with Crippen LogP contribution < -0.4 is 4.90 Å². The van der Waals surface area contributed by atoms with Crippen LogP contribution in [0.15, 0.2) is 48.9 Å². The van der Waals surface area contributed by atoms with Crippen LogP contribution in [0.3, 0.4) is 0 Å². The monoisotopic (exact) mass is 403 g/mol. The van der Waals surface area contributed by atoms with Gasteiger partial charge in [-0.15, -0.1) is 11.3 Å². The van der Waals surface area contributed by atoms with Gasteiger partial charge >= 0.3 is 0 Å². The predicted octanol–water partition coefficient (Wildman–Crippen LogP) is 3.91. The lowest BCUT2D eigenvalue weighted by Crippen LogP contribution is -2.67. The maximum absolute atomic E-state index is 12.9. The van der Waals surface area contributed by atoms with Crippen LogP contribution in [0.25, 0.3) is 21.1 Å². The molecular weight excluding hydrogens is 382 g/mol. The fraction of sp³-hybridized carbons (Fsp3) is 0.318. The molecule has 4 heterocycles. The lowest BCUT2D eigenvalue weighted by molar-refractivity contribution is -0.0539. The first-order chi connectivity index (χ1) is 14.1. The highest BCUT2D eigenvalue weighted by Crippen LogP contribution is 2.51. The molecule has 2 aliphatic rings. The van der Waals surface area contributed by atoms with Gasteiger partial charge in [-0.25, -0.2) is 9.97 Å². The van der Waals surface area contributed by atoms with Gasteiger partial charge in [0.05, 0.1) is 10.3 Å². The normalized spacial score (nSPS) is 18.2. The number of anilines is 1. The van der Waals surface area contributed by atoms with Gasteiger partial charge in [-0.05, 0) is 36.4 Å². The van der Waals surface area contributed by atoms with Crippen molar-refractivity contribution in [3.63, 3.8) is 0 Å². The zero-order chi connectivity index (χ0) is 19.6. The fourth-order valence-corrected chi connectivity index (χ4v) is 5.97. The van der Waals surface area contributed by atoms with Crippen LogP contribution in [0.1, 0.15) is 22.5 Å². The number of hydrogen-bond donors (Lipinski definition) is 1. The lowest BCUT2D eigenvalue weighted by atomic mass is 9.60. The number of carbonyl (C=O) groups excluding carboxylic acids is 1. The Balaban J connectivity index is 1.12. The number of fused-ring (bicyclic) bond motifs is 2. The number of amides is 1. The van der Waals surface area contributed by atoms with Crippen LogP contribution >= 0.6 is 11.3 Å². The largest absolute Gasteiger partial charge is 0.356 e. The molecule has 1 saturated heterocycles. The third kappa shape index (κ3) is 2.57. The summed E-state index contributed by atoms with van der Waals surface area (Å²) in [7, 11) is 2.12. The van der Waals surface area contributed by atoms with Crippen LogP contribution in [0.5, 0.6) is 0 Å². The van der Waals surface area contributed by atoms with E-state index in [0.29, 0.717) is 6.04 Å². The third-order valence-electron chi connectivity index (χ3n) is 6.53. The molecule has 29 heavy (non-hydrogen) atoms. The van der Waals surface area contributed by atoms with Crippen molar-refractivity contribution < 1.29 is 4.79 Å². The van der Waals surface area contributed by atoms with E-state index in [1.165, 1.54) is 4.70 Å². The summed E-state index contributed by atoms with van der Waals surface area (Å²) < 4.78 is 1.18. The summed E-state index contributed by atoms with van der Waals surface area (Å²) in [5.74, 6) is 1.16. The Bertz CT molecular complexity index is 1200. The van der Waals surface area contributed by atoms with Crippen LogP contribution in [-0.2, 0) is 0 Å². The van der Waals surface area contributed by atoms with Gasteiger partial charge in [0.25, 0.3) is 5.91 Å². The lowest BCUT2D eigenvalue weighted by Gasteiger charge is -2.60. The number of aromatic amines is 1. The van der Waals surface area contributed by atoms with Gasteiger partial charge in [0, 0.05) is 42.5 Å². The van der Waals surface area contributed by atoms with Gasteiger partial charge in [-0.2, -0.15) is 0 Å². The van der Waals surface area contributed by atoms with Crippen molar-refractivity contribution in [3.05, 3.63) is 53.8 Å². The average Bonchev–Trinajstić information content (AvgIpc) is 3.31. The van der Waals surface area contributed by atoms with Crippen molar-refractivity contribution in [2.24, 2.45) is 5.41 Å². The van der Waals surface area contributed by atoms with E-state index >= 15 is 0 Å². The molecular formula is C22H21N5OS. The van der Waals surface area contributed by atoms with Crippen LogP contribution in [0, 0.1) is 5.41 Å². The van der Waals surface area contributed by atoms with Crippen molar-refractivity contribution in [2.45, 2.75) is 18.9 Å². The Morgan fingerprint density at radius 2 is 2.07 bits per heavy atom. The Morgan fingerprint density at radius 3 is 2.90 bits per heavy atom. The van der Waals surface area contributed by atoms with E-state index in [0.717, 1.165) is 53.0 Å². The van der Waals surface area contributed by atoms with E-state index < -0.39 is 0 Å². The minimum Gasteiger partial charge on any atom is -0.356 e. The second-order valence-corrected chi connectivity index (χ2v) is 9.50. The smallest absolute Gasteiger partial charge is 0.264 e. The number of carbonyl (C=O) groups is 1. The minimum atomic E-state index is 0.179. The first kappa shape index (κ1) is 17.0. The minimum absolute atomic E-state index is 0.179. The van der Waals surface area contributed by atoms with E-state index in [1.54, 1.807) is 17.7 Å². The molecule has 1 aliphatic heterocycles. The van der Waals surface area contributed by atoms with Crippen LogP contribution in [-0.4, -0.2) is 51.9 Å². The summed E-state index contributed by atoms with van der Waals surface area (Å²) >= 11 is 1.60. The van der Waals surface area contributed by atoms with Gasteiger partial charge in [0.15, 0.2) is 0 Å². The topological polar surface area (TPSA) is 65.1 Å². The molecule has 1 aromatic carbocycles. The molecule has 7 heteroatoms. The van der Waals surface area contributed by atoms with Crippen molar-refractivity contribution in [2.75, 3.05) is 25.0 Å². The van der Waals surface area contributed by atoms with Crippen molar-refractivity contribution in [1.82, 2.24) is 19.9 Å². The maximum Gasteiger partial charge on any atom is 0.264 e. The Morgan fingerprint density at radius 1 is 1.24 bits per heavy atom. The molecule has 2 fully saturated rings. The third-order valence-corrected chi connectivity index (χ3v) is 7.63. The summed E-state index contributed by atoms with van der Waals surface area (Å²) in [6.07, 6.45) is 5.74. The SMILES string of the molecule is CN(c1ncnc2[nH]ccc12)C1CC2(C1)CN(C(=O)c1cc3ccccc3s1)C2. The number of hydrogen-bond acceptors (Lipinski definition) is 5. The van der Waals surface area contributed by atoms with E-state index in [2.05, 4.69) is 39.0 Å². The molecule has 3 aromatic heterocycles. The second kappa shape index (κ2) is 6.03. The molecule has 0 radical (unpaired) electrons. The molecule has 0 bridgehead atoms. The molecule has 0 atom stereocenters. The summed E-state index contributed by atoms with van der Waals surface area (Å²) in [5.41, 5.74) is 1.16. The quantitative estimate of drug-likeness (QED) is 0.563. The van der Waals surface area contributed by atoms with Gasteiger partial charge in [-0.3, -0.25) is 4.79 Å². The number of H-pyrrole nitrogens is 1. The van der Waals surface area contributed by atoms with E-state index in [1.807, 2.05) is 35.4 Å². The van der Waals surface area contributed by atoms with Crippen molar-refractivity contribution in [3.8, 4) is 0 Å². The average molecular weight is 404 g/mol. The molecule has 146 valence electrons. The Kier molecular flexibility index (Phi) is 3.53. The summed E-state index contributed by atoms with van der Waals surface area (Å²) in [5, 5.41) is 2.22. The summed E-state index contributed by atoms with van der Waals surface area (Å²) in [6, 6.07) is 12.7. The first-order valence-corrected chi connectivity index (χ1v) is 10.7. The Hall–Kier alpha value is -2.93. The Labute approximate surface area is 172 Å². The van der Waals surface area contributed by atoms with E-state index in [9.17, 15) is 4.79 Å². The van der Waals surface area contributed by atoms with Crippen molar-refractivity contribution in [1.29, 1.82) is 0 Å². The van der Waals surface area contributed by atoms with E-state index in [4.69, 9.17) is 0 Å². The molecule has 1 saturated carbocycles. The first-order valence-electron chi connectivity index (χ1n) is 9.91. The molecule has 1 spiro atoms. The summed E-state index contributed by atoms with van der Waals surface area (Å²) in [6.45, 7) is 1.74. The number of aromatic nitrogens is 3. The highest BCUT2D eigenvalue weighted by atomic mass is 32.1. The zero-order valence-electron chi connectivity index (χ0n) is 16.1. The van der Waals surface area contributed by atoms with Gasteiger partial charge in [-0.1, -0.05) is 18.2 Å². The highest BCUT2D eigenvalue weighted by molar-refractivity contribution is 7.20. The number of nitrogens with one attached hydrogen (secondary N) is 1. The molecule has 6 rings (SSSR count). The number of benzene rings is 1. The van der Waals surface area contributed by atoms with Crippen LogP contribution in [0.2, 0.25) is 0 Å². The van der Waals surface area contributed by atoms with Crippen LogP contribution in [0.4, 0.5) is 5.82 Å². The molecule has 1 amide bonds. The van der Waals surface area contributed by atoms with E-state index in [-0.39, 0.29) is 11.3 Å². The number of nitrogens with zero attached hydrogens (tertiary/aromatic N) is 4. The molecule has 4 aromatic rings. The molecule has 6 nitrogen and oxygen atoms in total. The van der Waals surface area contributed by atoms with Gasteiger partial charge in [0.1, 0.15) is 17.8 Å².